The van der Waals surface area contributed by atoms with Crippen LogP contribution < -0.4 is 4.74 Å². The first-order valence-electron chi connectivity index (χ1n) is 2.96. The number of hydrogen-bond donors (Lipinski definition) is 2. The molecule has 1 aromatic carbocycles. The van der Waals surface area contributed by atoms with Crippen molar-refractivity contribution in [2.45, 2.75) is 4.90 Å². The fourth-order valence-electron chi connectivity index (χ4n) is 0.695. The highest BCUT2D eigenvalue weighted by Gasteiger charge is 2.01. The molecule has 1 aromatic rings. The van der Waals surface area contributed by atoms with Gasteiger partial charge in [0.1, 0.15) is 11.5 Å². The molecule has 0 aliphatic heterocycles. The molecule has 0 atom stereocenters. The lowest BCUT2D eigenvalue weighted by atomic mass is 10.3. The van der Waals surface area contributed by atoms with Gasteiger partial charge in [0.05, 0.1) is 12.0 Å². The van der Waals surface area contributed by atoms with Gasteiger partial charge in [-0.25, -0.2) is 0 Å². The Balaban J connectivity index is 3.02. The number of hydrogen-bond acceptors (Lipinski definition) is 4. The summed E-state index contributed by atoms with van der Waals surface area (Å²) in [6.07, 6.45) is 0. The van der Waals surface area contributed by atoms with E-state index in [1.54, 1.807) is 12.1 Å². The average molecular weight is 172 g/mol. The Morgan fingerprint density at radius 2 is 2.18 bits per heavy atom. The molecule has 3 nitrogen and oxygen atoms in total. The molecule has 60 valence electrons. The van der Waals surface area contributed by atoms with E-state index in [1.807, 2.05) is 0 Å². The third kappa shape index (κ3) is 1.78. The number of ether oxygens (including phenoxy) is 1. The zero-order chi connectivity index (χ0) is 8.27. The lowest BCUT2D eigenvalue weighted by molar-refractivity contribution is 0.408. The van der Waals surface area contributed by atoms with Gasteiger partial charge in [0, 0.05) is 12.0 Å². The van der Waals surface area contributed by atoms with E-state index < -0.39 is 0 Å². The van der Waals surface area contributed by atoms with E-state index in [0.717, 1.165) is 0 Å². The van der Waals surface area contributed by atoms with Gasteiger partial charge in [0.2, 0.25) is 0 Å². The second-order valence-electron chi connectivity index (χ2n) is 1.92. The Kier molecular flexibility index (Phi) is 2.62. The molecule has 11 heavy (non-hydrogen) atoms. The van der Waals surface area contributed by atoms with E-state index in [-0.39, 0.29) is 5.75 Å². The van der Waals surface area contributed by atoms with Crippen LogP contribution in [-0.2, 0) is 0 Å². The Hall–Kier alpha value is -0.870. The average Bonchev–Trinajstić information content (AvgIpc) is 2.05. The number of methoxy groups -OCH3 is 1. The quantitative estimate of drug-likeness (QED) is 0.669. The fraction of sp³-hybridized carbons (Fsp3) is 0.143. The highest BCUT2D eigenvalue weighted by Crippen LogP contribution is 2.29. The summed E-state index contributed by atoms with van der Waals surface area (Å²) < 4.78 is 13.5. The molecule has 4 heteroatoms. The topological polar surface area (TPSA) is 49.7 Å². The summed E-state index contributed by atoms with van der Waals surface area (Å²) in [5, 5.41) is 9.09. The first-order valence-corrected chi connectivity index (χ1v) is 3.73. The van der Waals surface area contributed by atoms with Crippen molar-refractivity contribution in [2.24, 2.45) is 0 Å². The van der Waals surface area contributed by atoms with Crippen molar-refractivity contribution < 1.29 is 14.4 Å². The standard InChI is InChI=1S/C7H8O3S/c1-10-5-2-3-6(8)7(4-5)11-9/h2-4,8-9H,1H3. The SMILES string of the molecule is COc1ccc(O)c(SO)c1. The summed E-state index contributed by atoms with van der Waals surface area (Å²) in [7, 11) is 1.53. The van der Waals surface area contributed by atoms with Crippen molar-refractivity contribution in [1.29, 1.82) is 0 Å². The first-order chi connectivity index (χ1) is 5.27. The molecule has 0 aromatic heterocycles. The van der Waals surface area contributed by atoms with Gasteiger partial charge in [-0.3, -0.25) is 0 Å². The van der Waals surface area contributed by atoms with E-state index in [9.17, 15) is 0 Å². The first kappa shape index (κ1) is 8.23. The number of phenols is 1. The van der Waals surface area contributed by atoms with Crippen LogP contribution in [0.25, 0.3) is 0 Å². The van der Waals surface area contributed by atoms with E-state index in [4.69, 9.17) is 14.4 Å². The molecule has 0 bridgehead atoms. The number of phenolic OH excluding ortho intramolecular Hbond substituents is 1. The second kappa shape index (κ2) is 3.50. The van der Waals surface area contributed by atoms with Crippen LogP contribution in [-0.4, -0.2) is 16.8 Å². The number of aromatic hydroxyl groups is 1. The minimum atomic E-state index is 0.0540. The van der Waals surface area contributed by atoms with Gasteiger partial charge < -0.3 is 14.4 Å². The summed E-state index contributed by atoms with van der Waals surface area (Å²) >= 11 is 0.495. The van der Waals surface area contributed by atoms with Gasteiger partial charge in [-0.2, -0.15) is 0 Å². The monoisotopic (exact) mass is 172 g/mol. The van der Waals surface area contributed by atoms with Crippen molar-refractivity contribution in [3.05, 3.63) is 18.2 Å². The van der Waals surface area contributed by atoms with Crippen LogP contribution in [0.2, 0.25) is 0 Å². The van der Waals surface area contributed by atoms with Crippen LogP contribution in [0.1, 0.15) is 0 Å². The molecule has 1 rings (SSSR count). The molecule has 0 saturated heterocycles. The molecule has 0 aliphatic rings. The summed E-state index contributed by atoms with van der Waals surface area (Å²) in [4.78, 5) is 0.393. The molecule has 2 N–H and O–H groups in total. The molecule has 0 saturated carbocycles. The van der Waals surface area contributed by atoms with Gasteiger partial charge in [0.15, 0.2) is 0 Å². The van der Waals surface area contributed by atoms with Crippen molar-refractivity contribution >= 4 is 12.0 Å². The van der Waals surface area contributed by atoms with Crippen molar-refractivity contribution in [2.75, 3.05) is 7.11 Å². The molecule has 0 fully saturated rings. The predicted octanol–water partition coefficient (Wildman–Crippen LogP) is 1.97. The zero-order valence-corrected chi connectivity index (χ0v) is 6.76. The maximum atomic E-state index is 9.09. The summed E-state index contributed by atoms with van der Waals surface area (Å²) in [6.45, 7) is 0. The summed E-state index contributed by atoms with van der Waals surface area (Å²) in [5.41, 5.74) is 0. The lowest BCUT2D eigenvalue weighted by Crippen LogP contribution is -1.82. The van der Waals surface area contributed by atoms with E-state index >= 15 is 0 Å². The Bertz CT molecular complexity index is 249. The Morgan fingerprint density at radius 3 is 2.73 bits per heavy atom. The van der Waals surface area contributed by atoms with Crippen LogP contribution >= 0.6 is 12.0 Å². The fourth-order valence-corrected chi connectivity index (χ4v) is 1.02. The van der Waals surface area contributed by atoms with Crippen LogP contribution in [0.3, 0.4) is 0 Å². The van der Waals surface area contributed by atoms with Gasteiger partial charge in [-0.15, -0.1) is 0 Å². The van der Waals surface area contributed by atoms with E-state index in [1.165, 1.54) is 13.2 Å². The van der Waals surface area contributed by atoms with Gasteiger partial charge in [-0.1, -0.05) is 0 Å². The van der Waals surface area contributed by atoms with Crippen molar-refractivity contribution in [1.82, 2.24) is 0 Å². The van der Waals surface area contributed by atoms with Crippen molar-refractivity contribution in [3.8, 4) is 11.5 Å². The maximum Gasteiger partial charge on any atom is 0.131 e. The third-order valence-corrected chi connectivity index (χ3v) is 1.79. The number of benzene rings is 1. The highest BCUT2D eigenvalue weighted by molar-refractivity contribution is 7.93. The largest absolute Gasteiger partial charge is 0.507 e. The molecule has 0 heterocycles. The minimum Gasteiger partial charge on any atom is -0.507 e. The van der Waals surface area contributed by atoms with Crippen LogP contribution in [0.15, 0.2) is 23.1 Å². The summed E-state index contributed by atoms with van der Waals surface area (Å²) in [6, 6.07) is 4.65. The van der Waals surface area contributed by atoms with Gasteiger partial charge >= 0.3 is 0 Å². The molecule has 0 spiro atoms. The molecule has 0 unspecified atom stereocenters. The molecule has 0 amide bonds. The summed E-state index contributed by atoms with van der Waals surface area (Å²) in [5.74, 6) is 0.664. The maximum absolute atomic E-state index is 9.09. The lowest BCUT2D eigenvalue weighted by Gasteiger charge is -2.02. The molecular weight excluding hydrogens is 164 g/mol. The minimum absolute atomic E-state index is 0.0540. The van der Waals surface area contributed by atoms with E-state index in [2.05, 4.69) is 0 Å². The van der Waals surface area contributed by atoms with Crippen LogP contribution in [0.5, 0.6) is 11.5 Å². The van der Waals surface area contributed by atoms with E-state index in [0.29, 0.717) is 22.7 Å². The molecular formula is C7H8O3S. The molecule has 0 aliphatic carbocycles. The predicted molar refractivity (Wildman–Crippen MR) is 43.1 cm³/mol. The Labute approximate surface area is 68.8 Å². The number of rotatable bonds is 2. The van der Waals surface area contributed by atoms with Crippen molar-refractivity contribution in [3.63, 3.8) is 0 Å². The highest BCUT2D eigenvalue weighted by atomic mass is 32.2. The smallest absolute Gasteiger partial charge is 0.131 e. The van der Waals surface area contributed by atoms with Crippen LogP contribution in [0.4, 0.5) is 0 Å². The Morgan fingerprint density at radius 1 is 1.45 bits per heavy atom. The second-order valence-corrected chi connectivity index (χ2v) is 2.55. The zero-order valence-electron chi connectivity index (χ0n) is 5.94. The van der Waals surface area contributed by atoms with Crippen LogP contribution in [0, 0.1) is 0 Å². The third-order valence-electron chi connectivity index (χ3n) is 1.27. The molecule has 0 radical (unpaired) electrons. The van der Waals surface area contributed by atoms with Gasteiger partial charge in [-0.05, 0) is 18.2 Å². The normalized spacial score (nSPS) is 9.64. The van der Waals surface area contributed by atoms with Gasteiger partial charge in [0.25, 0.3) is 0 Å².